The third kappa shape index (κ3) is 3.50. The fourth-order valence-electron chi connectivity index (χ4n) is 3.94. The van der Waals surface area contributed by atoms with Gasteiger partial charge in [0.25, 0.3) is 0 Å². The average molecular weight is 307 g/mol. The van der Waals surface area contributed by atoms with Gasteiger partial charge < -0.3 is 9.47 Å². The van der Waals surface area contributed by atoms with Crippen molar-refractivity contribution in [3.05, 3.63) is 35.6 Å². The van der Waals surface area contributed by atoms with Crippen molar-refractivity contribution in [2.75, 3.05) is 33.4 Å². The Labute approximate surface area is 132 Å². The molecule has 0 amide bonds. The lowest BCUT2D eigenvalue weighted by molar-refractivity contribution is -0.0721. The van der Waals surface area contributed by atoms with Gasteiger partial charge >= 0.3 is 0 Å². The minimum absolute atomic E-state index is 0.0812. The lowest BCUT2D eigenvalue weighted by Crippen LogP contribution is -2.47. The molecule has 1 aromatic carbocycles. The predicted octanol–water partition coefficient (Wildman–Crippen LogP) is 3.23. The SMILES string of the molecule is COCC[C@@H]1CCOC12CCN(Cc1ccc(F)cc1)CC2. The van der Waals surface area contributed by atoms with E-state index in [0.29, 0.717) is 5.92 Å². The highest BCUT2D eigenvalue weighted by Gasteiger charge is 2.45. The van der Waals surface area contributed by atoms with E-state index in [2.05, 4.69) is 4.90 Å². The molecule has 0 saturated carbocycles. The van der Waals surface area contributed by atoms with Crippen LogP contribution in [0.5, 0.6) is 0 Å². The molecule has 3 rings (SSSR count). The number of benzene rings is 1. The molecule has 0 aliphatic carbocycles. The van der Waals surface area contributed by atoms with E-state index in [1.165, 1.54) is 12.0 Å². The van der Waals surface area contributed by atoms with Crippen LogP contribution >= 0.6 is 0 Å². The second-order valence-corrected chi connectivity index (χ2v) is 6.58. The fourth-order valence-corrected chi connectivity index (χ4v) is 3.94. The number of rotatable bonds is 5. The van der Waals surface area contributed by atoms with Crippen LogP contribution in [0.15, 0.2) is 24.3 Å². The Bertz CT molecular complexity index is 468. The number of hydrogen-bond acceptors (Lipinski definition) is 3. The van der Waals surface area contributed by atoms with E-state index in [1.807, 2.05) is 12.1 Å². The molecule has 2 saturated heterocycles. The molecule has 2 aliphatic rings. The third-order valence-corrected chi connectivity index (χ3v) is 5.29. The molecule has 2 aliphatic heterocycles. The summed E-state index contributed by atoms with van der Waals surface area (Å²) in [7, 11) is 1.77. The van der Waals surface area contributed by atoms with Crippen LogP contribution in [0.2, 0.25) is 0 Å². The zero-order valence-electron chi connectivity index (χ0n) is 13.4. The van der Waals surface area contributed by atoms with Gasteiger partial charge in [-0.05, 0) is 49.3 Å². The second-order valence-electron chi connectivity index (χ2n) is 6.58. The van der Waals surface area contributed by atoms with Crippen molar-refractivity contribution in [3.8, 4) is 0 Å². The maximum Gasteiger partial charge on any atom is 0.123 e. The Morgan fingerprint density at radius 3 is 2.68 bits per heavy atom. The van der Waals surface area contributed by atoms with Crippen LogP contribution in [0, 0.1) is 11.7 Å². The van der Waals surface area contributed by atoms with Crippen LogP contribution in [0.1, 0.15) is 31.2 Å². The highest BCUT2D eigenvalue weighted by molar-refractivity contribution is 5.16. The molecule has 22 heavy (non-hydrogen) atoms. The minimum Gasteiger partial charge on any atom is -0.385 e. The fraction of sp³-hybridized carbons (Fsp3) is 0.667. The van der Waals surface area contributed by atoms with Crippen molar-refractivity contribution in [1.82, 2.24) is 4.90 Å². The van der Waals surface area contributed by atoms with Crippen molar-refractivity contribution in [2.45, 2.75) is 37.8 Å². The Kier molecular flexibility index (Phi) is 5.11. The lowest BCUT2D eigenvalue weighted by Gasteiger charge is -2.42. The average Bonchev–Trinajstić information content (AvgIpc) is 2.92. The van der Waals surface area contributed by atoms with Gasteiger partial charge in [-0.2, -0.15) is 0 Å². The Hall–Kier alpha value is -0.970. The van der Waals surface area contributed by atoms with Crippen LogP contribution in [0.25, 0.3) is 0 Å². The summed E-state index contributed by atoms with van der Waals surface area (Å²) < 4.78 is 24.4. The maximum absolute atomic E-state index is 13.0. The van der Waals surface area contributed by atoms with Gasteiger partial charge in [-0.1, -0.05) is 12.1 Å². The molecule has 1 aromatic rings. The quantitative estimate of drug-likeness (QED) is 0.833. The van der Waals surface area contributed by atoms with E-state index >= 15 is 0 Å². The predicted molar refractivity (Wildman–Crippen MR) is 84.2 cm³/mol. The molecule has 0 bridgehead atoms. The number of ether oxygens (including phenoxy) is 2. The van der Waals surface area contributed by atoms with Crippen LogP contribution in [-0.2, 0) is 16.0 Å². The van der Waals surface area contributed by atoms with Gasteiger partial charge in [0.15, 0.2) is 0 Å². The highest BCUT2D eigenvalue weighted by Crippen LogP contribution is 2.42. The van der Waals surface area contributed by atoms with Crippen molar-refractivity contribution < 1.29 is 13.9 Å². The molecule has 122 valence electrons. The van der Waals surface area contributed by atoms with Gasteiger partial charge in [-0.15, -0.1) is 0 Å². The zero-order chi connectivity index (χ0) is 15.4. The van der Waals surface area contributed by atoms with E-state index < -0.39 is 0 Å². The van der Waals surface area contributed by atoms with Gasteiger partial charge in [0.2, 0.25) is 0 Å². The molecular formula is C18H26FNO2. The van der Waals surface area contributed by atoms with Gasteiger partial charge in [-0.3, -0.25) is 4.90 Å². The molecule has 0 radical (unpaired) electrons. The van der Waals surface area contributed by atoms with E-state index in [-0.39, 0.29) is 11.4 Å². The standard InChI is InChI=1S/C18H26FNO2/c1-21-12-6-16-7-13-22-18(16)8-10-20(11-9-18)14-15-2-4-17(19)5-3-15/h2-5,16H,6-14H2,1H3/t16-/m1/s1. The van der Waals surface area contributed by atoms with E-state index in [4.69, 9.17) is 9.47 Å². The summed E-state index contributed by atoms with van der Waals surface area (Å²) in [5, 5.41) is 0. The van der Waals surface area contributed by atoms with Crippen molar-refractivity contribution in [1.29, 1.82) is 0 Å². The largest absolute Gasteiger partial charge is 0.385 e. The Balaban J connectivity index is 1.54. The Morgan fingerprint density at radius 2 is 2.00 bits per heavy atom. The van der Waals surface area contributed by atoms with Crippen LogP contribution in [0.4, 0.5) is 4.39 Å². The first kappa shape index (κ1) is 15.9. The number of likely N-dealkylation sites (tertiary alicyclic amines) is 1. The van der Waals surface area contributed by atoms with Crippen LogP contribution < -0.4 is 0 Å². The van der Waals surface area contributed by atoms with Crippen molar-refractivity contribution in [2.24, 2.45) is 5.92 Å². The minimum atomic E-state index is -0.165. The summed E-state index contributed by atoms with van der Waals surface area (Å²) in [4.78, 5) is 2.45. The van der Waals surface area contributed by atoms with Crippen LogP contribution in [-0.4, -0.2) is 43.9 Å². The number of halogens is 1. The number of piperidine rings is 1. The molecule has 0 N–H and O–H groups in total. The summed E-state index contributed by atoms with van der Waals surface area (Å²) in [5.74, 6) is 0.474. The van der Waals surface area contributed by atoms with E-state index in [0.717, 1.165) is 52.1 Å². The molecule has 0 unspecified atom stereocenters. The van der Waals surface area contributed by atoms with Crippen LogP contribution in [0.3, 0.4) is 0 Å². The summed E-state index contributed by atoms with van der Waals surface area (Å²) in [5.41, 5.74) is 1.26. The molecule has 1 spiro atoms. The zero-order valence-corrected chi connectivity index (χ0v) is 13.4. The smallest absolute Gasteiger partial charge is 0.123 e. The third-order valence-electron chi connectivity index (χ3n) is 5.29. The number of methoxy groups -OCH3 is 1. The summed E-state index contributed by atoms with van der Waals surface area (Å²) in [6, 6.07) is 6.85. The monoisotopic (exact) mass is 307 g/mol. The van der Waals surface area contributed by atoms with E-state index in [1.54, 1.807) is 19.2 Å². The van der Waals surface area contributed by atoms with Gasteiger partial charge in [0.05, 0.1) is 5.60 Å². The first-order valence-electron chi connectivity index (χ1n) is 8.31. The highest BCUT2D eigenvalue weighted by atomic mass is 19.1. The molecule has 4 heteroatoms. The van der Waals surface area contributed by atoms with Gasteiger partial charge in [0, 0.05) is 40.0 Å². The van der Waals surface area contributed by atoms with Crippen molar-refractivity contribution >= 4 is 0 Å². The molecule has 0 aromatic heterocycles. The number of hydrogen-bond donors (Lipinski definition) is 0. The molecule has 1 atom stereocenters. The second kappa shape index (κ2) is 7.07. The maximum atomic E-state index is 13.0. The number of nitrogens with zero attached hydrogens (tertiary/aromatic N) is 1. The normalized spacial score (nSPS) is 24.9. The topological polar surface area (TPSA) is 21.7 Å². The summed E-state index contributed by atoms with van der Waals surface area (Å²) >= 11 is 0. The Morgan fingerprint density at radius 1 is 1.27 bits per heavy atom. The molecule has 2 fully saturated rings. The first-order valence-corrected chi connectivity index (χ1v) is 8.31. The lowest BCUT2D eigenvalue weighted by atomic mass is 9.78. The van der Waals surface area contributed by atoms with Gasteiger partial charge in [-0.25, -0.2) is 4.39 Å². The molecular weight excluding hydrogens is 281 g/mol. The molecule has 3 nitrogen and oxygen atoms in total. The molecule has 2 heterocycles. The van der Waals surface area contributed by atoms with E-state index in [9.17, 15) is 4.39 Å². The van der Waals surface area contributed by atoms with Crippen molar-refractivity contribution in [3.63, 3.8) is 0 Å². The summed E-state index contributed by atoms with van der Waals surface area (Å²) in [6.45, 7) is 4.74. The first-order chi connectivity index (χ1) is 10.7. The van der Waals surface area contributed by atoms with Gasteiger partial charge in [0.1, 0.15) is 5.82 Å². The summed E-state index contributed by atoms with van der Waals surface area (Å²) in [6.07, 6.45) is 4.47.